The van der Waals surface area contributed by atoms with Crippen molar-refractivity contribution in [2.75, 3.05) is 6.54 Å². The van der Waals surface area contributed by atoms with Crippen molar-refractivity contribution in [3.8, 4) is 0 Å². The molecule has 1 rings (SSSR count). The fourth-order valence-electron chi connectivity index (χ4n) is 1.31. The van der Waals surface area contributed by atoms with Crippen molar-refractivity contribution < 1.29 is 14.8 Å². The van der Waals surface area contributed by atoms with Gasteiger partial charge < -0.3 is 5.32 Å². The molecule has 1 atom stereocenters. The number of hydrogen-bond acceptors (Lipinski definition) is 3. The van der Waals surface area contributed by atoms with E-state index in [1.807, 2.05) is 0 Å². The van der Waals surface area contributed by atoms with E-state index in [0.29, 0.717) is 18.0 Å². The van der Waals surface area contributed by atoms with Gasteiger partial charge in [-0.2, -0.15) is 0 Å². The maximum absolute atomic E-state index is 11.3. The monoisotopic (exact) mass is 200 g/mol. The van der Waals surface area contributed by atoms with Crippen molar-refractivity contribution >= 4 is 11.8 Å². The van der Waals surface area contributed by atoms with E-state index in [1.54, 1.807) is 13.8 Å². The lowest BCUT2D eigenvalue weighted by Crippen LogP contribution is -2.47. The summed E-state index contributed by atoms with van der Waals surface area (Å²) >= 11 is 0. The van der Waals surface area contributed by atoms with E-state index in [1.165, 1.54) is 0 Å². The van der Waals surface area contributed by atoms with Crippen LogP contribution in [0.2, 0.25) is 0 Å². The van der Waals surface area contributed by atoms with E-state index >= 15 is 0 Å². The first kappa shape index (κ1) is 11.0. The third-order valence-electron chi connectivity index (χ3n) is 2.27. The van der Waals surface area contributed by atoms with Gasteiger partial charge in [0, 0.05) is 18.4 Å². The highest BCUT2D eigenvalue weighted by molar-refractivity contribution is 5.80. The smallest absolute Gasteiger partial charge is 0.247 e. The molecular weight excluding hydrogens is 184 g/mol. The molecule has 2 amide bonds. The first-order valence-electron chi connectivity index (χ1n) is 4.80. The zero-order chi connectivity index (χ0) is 10.7. The molecule has 0 aromatic heterocycles. The molecule has 0 aliphatic carbocycles. The molecule has 0 aromatic rings. The highest BCUT2D eigenvalue weighted by Gasteiger charge is 2.26. The lowest BCUT2D eigenvalue weighted by atomic mass is 10.0. The number of hydroxylamine groups is 2. The van der Waals surface area contributed by atoms with Crippen LogP contribution in [-0.2, 0) is 9.59 Å². The van der Waals surface area contributed by atoms with Gasteiger partial charge in [-0.15, -0.1) is 0 Å². The van der Waals surface area contributed by atoms with Gasteiger partial charge in [0.25, 0.3) is 0 Å². The Morgan fingerprint density at radius 1 is 1.64 bits per heavy atom. The van der Waals surface area contributed by atoms with E-state index in [-0.39, 0.29) is 30.2 Å². The van der Waals surface area contributed by atoms with Crippen molar-refractivity contribution in [3.05, 3.63) is 0 Å². The zero-order valence-electron chi connectivity index (χ0n) is 8.49. The number of hydrogen-bond donors (Lipinski definition) is 2. The molecule has 0 aromatic carbocycles. The van der Waals surface area contributed by atoms with Crippen LogP contribution in [0.15, 0.2) is 0 Å². The van der Waals surface area contributed by atoms with Gasteiger partial charge in [0.05, 0.1) is 6.54 Å². The van der Waals surface area contributed by atoms with Gasteiger partial charge >= 0.3 is 0 Å². The largest absolute Gasteiger partial charge is 0.353 e. The van der Waals surface area contributed by atoms with Crippen LogP contribution >= 0.6 is 0 Å². The standard InChI is InChI=1S/C9H16N2O3/c1-6(2)9(13)10-7-3-4-11(14)8(12)5-7/h6-7,14H,3-5H2,1-2H3,(H,10,13). The summed E-state index contributed by atoms with van der Waals surface area (Å²) in [6, 6.07) is -0.124. The molecule has 1 aliphatic rings. The maximum atomic E-state index is 11.3. The summed E-state index contributed by atoms with van der Waals surface area (Å²) in [5, 5.41) is 12.5. The van der Waals surface area contributed by atoms with E-state index in [0.717, 1.165) is 0 Å². The molecule has 5 heteroatoms. The van der Waals surface area contributed by atoms with Crippen molar-refractivity contribution in [3.63, 3.8) is 0 Å². The third-order valence-corrected chi connectivity index (χ3v) is 2.27. The van der Waals surface area contributed by atoms with Crippen molar-refractivity contribution in [1.82, 2.24) is 10.4 Å². The minimum Gasteiger partial charge on any atom is -0.353 e. The van der Waals surface area contributed by atoms with Crippen LogP contribution in [0.25, 0.3) is 0 Å². The first-order valence-corrected chi connectivity index (χ1v) is 4.80. The van der Waals surface area contributed by atoms with Gasteiger partial charge in [-0.25, -0.2) is 5.06 Å². The number of rotatable bonds is 2. The molecule has 1 unspecified atom stereocenters. The number of nitrogens with zero attached hydrogens (tertiary/aromatic N) is 1. The summed E-state index contributed by atoms with van der Waals surface area (Å²) in [5.74, 6) is -0.447. The van der Waals surface area contributed by atoms with Crippen LogP contribution in [0.3, 0.4) is 0 Å². The van der Waals surface area contributed by atoms with Gasteiger partial charge in [-0.1, -0.05) is 13.8 Å². The average Bonchev–Trinajstić information content (AvgIpc) is 2.11. The molecule has 0 saturated carbocycles. The Morgan fingerprint density at radius 3 is 2.79 bits per heavy atom. The molecule has 14 heavy (non-hydrogen) atoms. The Labute approximate surface area is 83.0 Å². The highest BCUT2D eigenvalue weighted by Crippen LogP contribution is 2.10. The first-order chi connectivity index (χ1) is 6.50. The molecule has 1 saturated heterocycles. The number of nitrogens with one attached hydrogen (secondary N) is 1. The fraction of sp³-hybridized carbons (Fsp3) is 0.778. The predicted molar refractivity (Wildman–Crippen MR) is 49.5 cm³/mol. The Balaban J connectivity index is 2.40. The maximum Gasteiger partial charge on any atom is 0.247 e. The van der Waals surface area contributed by atoms with Crippen LogP contribution < -0.4 is 5.32 Å². The molecule has 1 heterocycles. The van der Waals surface area contributed by atoms with Crippen LogP contribution in [0, 0.1) is 5.92 Å². The minimum absolute atomic E-state index is 0.0470. The quantitative estimate of drug-likeness (QED) is 0.623. The number of carbonyl (C=O) groups is 2. The van der Waals surface area contributed by atoms with Crippen molar-refractivity contribution in [2.45, 2.75) is 32.7 Å². The Morgan fingerprint density at radius 2 is 2.29 bits per heavy atom. The van der Waals surface area contributed by atoms with Crippen LogP contribution in [0.1, 0.15) is 26.7 Å². The van der Waals surface area contributed by atoms with Crippen LogP contribution in [0.5, 0.6) is 0 Å². The van der Waals surface area contributed by atoms with Gasteiger partial charge in [0.15, 0.2) is 0 Å². The lowest BCUT2D eigenvalue weighted by Gasteiger charge is -2.28. The van der Waals surface area contributed by atoms with Crippen LogP contribution in [0.4, 0.5) is 0 Å². The van der Waals surface area contributed by atoms with Gasteiger partial charge in [0.2, 0.25) is 11.8 Å². The summed E-state index contributed by atoms with van der Waals surface area (Å²) in [5.41, 5.74) is 0. The molecule has 1 aliphatic heterocycles. The molecule has 5 nitrogen and oxygen atoms in total. The number of carbonyl (C=O) groups excluding carboxylic acids is 2. The second-order valence-electron chi connectivity index (χ2n) is 3.87. The molecule has 2 N–H and O–H groups in total. The molecule has 0 bridgehead atoms. The van der Waals surface area contributed by atoms with E-state index < -0.39 is 0 Å². The molecule has 80 valence electrons. The normalized spacial score (nSPS) is 22.7. The summed E-state index contributed by atoms with van der Waals surface area (Å²) in [6.45, 7) is 3.90. The summed E-state index contributed by atoms with van der Waals surface area (Å²) in [7, 11) is 0. The number of amides is 2. The molecule has 1 fully saturated rings. The van der Waals surface area contributed by atoms with E-state index in [9.17, 15) is 9.59 Å². The second-order valence-corrected chi connectivity index (χ2v) is 3.87. The Bertz CT molecular complexity index is 240. The third kappa shape index (κ3) is 2.70. The molecule has 0 radical (unpaired) electrons. The van der Waals surface area contributed by atoms with Crippen LogP contribution in [-0.4, -0.2) is 34.7 Å². The van der Waals surface area contributed by atoms with Gasteiger partial charge in [-0.3, -0.25) is 14.8 Å². The molecular formula is C9H16N2O3. The summed E-state index contributed by atoms with van der Waals surface area (Å²) in [6.07, 6.45) is 0.801. The second kappa shape index (κ2) is 4.41. The average molecular weight is 200 g/mol. The van der Waals surface area contributed by atoms with E-state index in [2.05, 4.69) is 5.32 Å². The summed E-state index contributed by atoms with van der Waals surface area (Å²) in [4.78, 5) is 22.4. The SMILES string of the molecule is CC(C)C(=O)NC1CCN(O)C(=O)C1. The fourth-order valence-corrected chi connectivity index (χ4v) is 1.31. The zero-order valence-corrected chi connectivity index (χ0v) is 8.49. The van der Waals surface area contributed by atoms with E-state index in [4.69, 9.17) is 5.21 Å². The predicted octanol–water partition coefficient (Wildman–Crippen LogP) is 0.139. The summed E-state index contributed by atoms with van der Waals surface area (Å²) < 4.78 is 0. The topological polar surface area (TPSA) is 69.6 Å². The molecule has 0 spiro atoms. The number of piperidine rings is 1. The van der Waals surface area contributed by atoms with Gasteiger partial charge in [-0.05, 0) is 6.42 Å². The Hall–Kier alpha value is -1.10. The van der Waals surface area contributed by atoms with Crippen molar-refractivity contribution in [2.24, 2.45) is 5.92 Å². The lowest BCUT2D eigenvalue weighted by molar-refractivity contribution is -0.171. The van der Waals surface area contributed by atoms with Crippen molar-refractivity contribution in [1.29, 1.82) is 0 Å². The van der Waals surface area contributed by atoms with Gasteiger partial charge in [0.1, 0.15) is 0 Å². The highest BCUT2D eigenvalue weighted by atomic mass is 16.5. The Kier molecular flexibility index (Phi) is 3.46. The minimum atomic E-state index is -0.328.